The number of hydrogen-bond acceptors (Lipinski definition) is 3. The van der Waals surface area contributed by atoms with Crippen LogP contribution in [0.3, 0.4) is 0 Å². The summed E-state index contributed by atoms with van der Waals surface area (Å²) in [4.78, 5) is 0. The first-order valence-electron chi connectivity index (χ1n) is 3.42. The highest BCUT2D eigenvalue weighted by Crippen LogP contribution is 2.03. The van der Waals surface area contributed by atoms with Gasteiger partial charge < -0.3 is 5.11 Å². The molecular weight excluding hydrogens is 164 g/mol. The Morgan fingerprint density at radius 2 is 2.18 bits per heavy atom. The van der Waals surface area contributed by atoms with Crippen LogP contribution in [-0.2, 0) is 6.42 Å². The van der Waals surface area contributed by atoms with Crippen LogP contribution >= 0.6 is 11.6 Å². The van der Waals surface area contributed by atoms with Crippen molar-refractivity contribution in [3.05, 3.63) is 23.0 Å². The molecule has 0 spiro atoms. The average Bonchev–Trinajstić information content (AvgIpc) is 2.04. The van der Waals surface area contributed by atoms with E-state index in [1.807, 2.05) is 6.07 Å². The second kappa shape index (κ2) is 4.26. The van der Waals surface area contributed by atoms with Gasteiger partial charge in [-0.1, -0.05) is 11.6 Å². The largest absolute Gasteiger partial charge is 0.396 e. The summed E-state index contributed by atoms with van der Waals surface area (Å²) in [6, 6.07) is 3.51. The first kappa shape index (κ1) is 8.43. The summed E-state index contributed by atoms with van der Waals surface area (Å²) >= 11 is 5.52. The molecule has 1 N–H and O–H groups in total. The third-order valence-electron chi connectivity index (χ3n) is 1.28. The second-order valence-electron chi connectivity index (χ2n) is 2.17. The second-order valence-corrected chi connectivity index (χ2v) is 2.56. The van der Waals surface area contributed by atoms with Gasteiger partial charge in [0.05, 0.1) is 5.69 Å². The average molecular weight is 173 g/mol. The smallest absolute Gasteiger partial charge is 0.151 e. The Morgan fingerprint density at radius 3 is 2.73 bits per heavy atom. The van der Waals surface area contributed by atoms with E-state index in [1.54, 1.807) is 6.07 Å². The minimum atomic E-state index is 0.185. The van der Waals surface area contributed by atoms with Gasteiger partial charge in [0.15, 0.2) is 5.15 Å². The van der Waals surface area contributed by atoms with E-state index < -0.39 is 0 Å². The maximum Gasteiger partial charge on any atom is 0.151 e. The zero-order chi connectivity index (χ0) is 8.10. The van der Waals surface area contributed by atoms with Crippen LogP contribution in [0.15, 0.2) is 12.1 Å². The summed E-state index contributed by atoms with van der Waals surface area (Å²) in [5.41, 5.74) is 0.864. The lowest BCUT2D eigenvalue weighted by Gasteiger charge is -1.95. The van der Waals surface area contributed by atoms with Crippen molar-refractivity contribution in [3.63, 3.8) is 0 Å². The number of aliphatic hydroxyl groups excluding tert-OH is 1. The van der Waals surface area contributed by atoms with Crippen molar-refractivity contribution < 1.29 is 5.11 Å². The van der Waals surface area contributed by atoms with E-state index >= 15 is 0 Å². The normalized spacial score (nSPS) is 10.0. The molecule has 0 aliphatic heterocycles. The molecule has 0 fully saturated rings. The highest BCUT2D eigenvalue weighted by Gasteiger charge is 1.94. The summed E-state index contributed by atoms with van der Waals surface area (Å²) in [5, 5.41) is 16.4. The van der Waals surface area contributed by atoms with Gasteiger partial charge in [-0.05, 0) is 25.0 Å². The van der Waals surface area contributed by atoms with Crippen molar-refractivity contribution in [3.8, 4) is 0 Å². The first-order chi connectivity index (χ1) is 5.33. The maximum atomic E-state index is 8.51. The third kappa shape index (κ3) is 2.82. The zero-order valence-corrected chi connectivity index (χ0v) is 6.75. The monoisotopic (exact) mass is 172 g/mol. The highest BCUT2D eigenvalue weighted by molar-refractivity contribution is 6.29. The third-order valence-corrected chi connectivity index (χ3v) is 1.48. The summed E-state index contributed by atoms with van der Waals surface area (Å²) < 4.78 is 0. The molecule has 0 aliphatic rings. The van der Waals surface area contributed by atoms with Gasteiger partial charge >= 0.3 is 0 Å². The van der Waals surface area contributed by atoms with Crippen molar-refractivity contribution in [2.24, 2.45) is 0 Å². The van der Waals surface area contributed by atoms with Gasteiger partial charge in [-0.25, -0.2) is 0 Å². The van der Waals surface area contributed by atoms with Crippen LogP contribution in [0.4, 0.5) is 0 Å². The minimum absolute atomic E-state index is 0.185. The Morgan fingerprint density at radius 1 is 1.36 bits per heavy atom. The topological polar surface area (TPSA) is 46.0 Å². The molecule has 1 rings (SSSR count). The van der Waals surface area contributed by atoms with Crippen molar-refractivity contribution >= 4 is 11.6 Å². The Labute approximate surface area is 70.0 Å². The van der Waals surface area contributed by atoms with Crippen LogP contribution in [0.1, 0.15) is 12.1 Å². The van der Waals surface area contributed by atoms with Gasteiger partial charge in [0, 0.05) is 6.61 Å². The molecule has 0 amide bonds. The number of aromatic nitrogens is 2. The van der Waals surface area contributed by atoms with Crippen LogP contribution in [-0.4, -0.2) is 21.9 Å². The fourth-order valence-corrected chi connectivity index (χ4v) is 0.838. The number of aryl methyl sites for hydroxylation is 1. The molecule has 0 atom stereocenters. The quantitative estimate of drug-likeness (QED) is 0.742. The van der Waals surface area contributed by atoms with Gasteiger partial charge in [0.2, 0.25) is 0 Å². The van der Waals surface area contributed by atoms with E-state index in [-0.39, 0.29) is 6.61 Å². The summed E-state index contributed by atoms with van der Waals surface area (Å²) in [6.07, 6.45) is 1.47. The lowest BCUT2D eigenvalue weighted by molar-refractivity contribution is 0.288. The molecule has 1 aromatic rings. The molecule has 0 unspecified atom stereocenters. The Kier molecular flexibility index (Phi) is 3.26. The molecule has 0 saturated heterocycles. The predicted molar refractivity (Wildman–Crippen MR) is 42.4 cm³/mol. The standard InChI is InChI=1S/C7H9ClN2O/c8-7-4-3-6(9-10-7)2-1-5-11/h3-4,11H,1-2,5H2. The molecule has 11 heavy (non-hydrogen) atoms. The van der Waals surface area contributed by atoms with Gasteiger partial charge in [-0.15, -0.1) is 5.10 Å². The Balaban J connectivity index is 2.52. The molecule has 0 saturated carbocycles. The number of rotatable bonds is 3. The molecule has 1 heterocycles. The molecule has 1 aromatic heterocycles. The van der Waals surface area contributed by atoms with Gasteiger partial charge in [-0.3, -0.25) is 0 Å². The minimum Gasteiger partial charge on any atom is -0.396 e. The van der Waals surface area contributed by atoms with Crippen LogP contribution in [0.25, 0.3) is 0 Å². The molecule has 60 valence electrons. The molecule has 3 nitrogen and oxygen atoms in total. The lowest BCUT2D eigenvalue weighted by atomic mass is 10.2. The van der Waals surface area contributed by atoms with Crippen LogP contribution in [0.2, 0.25) is 5.15 Å². The SMILES string of the molecule is OCCCc1ccc(Cl)nn1. The number of nitrogens with zero attached hydrogens (tertiary/aromatic N) is 2. The summed E-state index contributed by atoms with van der Waals surface area (Å²) in [6.45, 7) is 0.185. The van der Waals surface area contributed by atoms with Crippen molar-refractivity contribution in [2.75, 3.05) is 6.61 Å². The van der Waals surface area contributed by atoms with E-state index in [0.29, 0.717) is 5.15 Å². The highest BCUT2D eigenvalue weighted by atomic mass is 35.5. The van der Waals surface area contributed by atoms with Gasteiger partial charge in [0.1, 0.15) is 0 Å². The molecular formula is C7H9ClN2O. The lowest BCUT2D eigenvalue weighted by Crippen LogP contribution is -1.94. The van der Waals surface area contributed by atoms with E-state index in [2.05, 4.69) is 10.2 Å². The maximum absolute atomic E-state index is 8.51. The Hall–Kier alpha value is -0.670. The van der Waals surface area contributed by atoms with E-state index in [9.17, 15) is 0 Å². The van der Waals surface area contributed by atoms with Gasteiger partial charge in [-0.2, -0.15) is 5.10 Å². The number of aliphatic hydroxyl groups is 1. The zero-order valence-electron chi connectivity index (χ0n) is 6.00. The molecule has 0 bridgehead atoms. The first-order valence-corrected chi connectivity index (χ1v) is 3.79. The molecule has 0 aliphatic carbocycles. The van der Waals surface area contributed by atoms with Crippen molar-refractivity contribution in [1.29, 1.82) is 0 Å². The van der Waals surface area contributed by atoms with Gasteiger partial charge in [0.25, 0.3) is 0 Å². The van der Waals surface area contributed by atoms with Crippen molar-refractivity contribution in [1.82, 2.24) is 10.2 Å². The Bertz CT molecular complexity index is 212. The van der Waals surface area contributed by atoms with Crippen LogP contribution in [0.5, 0.6) is 0 Å². The van der Waals surface area contributed by atoms with E-state index in [0.717, 1.165) is 18.5 Å². The number of halogens is 1. The van der Waals surface area contributed by atoms with Crippen LogP contribution in [0, 0.1) is 0 Å². The van der Waals surface area contributed by atoms with Crippen molar-refractivity contribution in [2.45, 2.75) is 12.8 Å². The molecule has 0 aromatic carbocycles. The van der Waals surface area contributed by atoms with E-state index in [1.165, 1.54) is 0 Å². The summed E-state index contributed by atoms with van der Waals surface area (Å²) in [7, 11) is 0. The molecule has 0 radical (unpaired) electrons. The van der Waals surface area contributed by atoms with Crippen LogP contribution < -0.4 is 0 Å². The number of hydrogen-bond donors (Lipinski definition) is 1. The molecule has 4 heteroatoms. The fraction of sp³-hybridized carbons (Fsp3) is 0.429. The summed E-state index contributed by atoms with van der Waals surface area (Å²) in [5.74, 6) is 0. The van der Waals surface area contributed by atoms with E-state index in [4.69, 9.17) is 16.7 Å². The fourth-order valence-electron chi connectivity index (χ4n) is 0.737. The predicted octanol–water partition coefficient (Wildman–Crippen LogP) is 1.05.